The van der Waals surface area contributed by atoms with Gasteiger partial charge in [0.05, 0.1) is 12.6 Å². The second kappa shape index (κ2) is 27.9. The Labute approximate surface area is 262 Å². The summed E-state index contributed by atoms with van der Waals surface area (Å²) in [6.45, 7) is 10.5. The number of aliphatic carboxylic acids is 1. The molecule has 1 fully saturated rings. The summed E-state index contributed by atoms with van der Waals surface area (Å²) >= 11 is 0. The maximum atomic E-state index is 12.0. The third-order valence-corrected chi connectivity index (χ3v) is 9.75. The minimum Gasteiger partial charge on any atom is -0.480 e. The van der Waals surface area contributed by atoms with Gasteiger partial charge in [-0.25, -0.2) is 0 Å². The maximum absolute atomic E-state index is 12.0. The van der Waals surface area contributed by atoms with E-state index in [4.69, 9.17) is 0 Å². The zero-order valence-electron chi connectivity index (χ0n) is 28.6. The topological polar surface area (TPSA) is 64.0 Å². The van der Waals surface area contributed by atoms with E-state index in [2.05, 4.69) is 30.6 Å². The molecular weight excluding hydrogens is 520 g/mol. The fourth-order valence-corrected chi connectivity index (χ4v) is 6.99. The van der Waals surface area contributed by atoms with Gasteiger partial charge in [-0.15, -0.1) is 0 Å². The van der Waals surface area contributed by atoms with E-state index in [0.29, 0.717) is 12.1 Å². The highest BCUT2D eigenvalue weighted by molar-refractivity contribution is 5.69. The van der Waals surface area contributed by atoms with Crippen LogP contribution in [0.4, 0.5) is 0 Å². The fourth-order valence-electron chi connectivity index (χ4n) is 6.99. The summed E-state index contributed by atoms with van der Waals surface area (Å²) in [5.74, 6) is -0.697. The van der Waals surface area contributed by atoms with Crippen LogP contribution in [0.3, 0.4) is 0 Å². The molecule has 5 nitrogen and oxygen atoms in total. The third kappa shape index (κ3) is 21.1. The van der Waals surface area contributed by atoms with Crippen molar-refractivity contribution >= 4 is 5.97 Å². The van der Waals surface area contributed by atoms with Crippen molar-refractivity contribution in [2.75, 3.05) is 26.2 Å². The maximum Gasteiger partial charge on any atom is 0.317 e. The molecule has 42 heavy (non-hydrogen) atoms. The molecule has 0 saturated heterocycles. The first-order chi connectivity index (χ1) is 20.5. The van der Waals surface area contributed by atoms with Gasteiger partial charge in [-0.05, 0) is 71.0 Å². The van der Waals surface area contributed by atoms with Crippen molar-refractivity contribution in [2.24, 2.45) is 0 Å². The molecule has 1 unspecified atom stereocenters. The third-order valence-electron chi connectivity index (χ3n) is 9.75. The quantitative estimate of drug-likeness (QED) is 0.0810. The highest BCUT2D eigenvalue weighted by atomic mass is 16.4. The van der Waals surface area contributed by atoms with Crippen molar-refractivity contribution in [1.82, 2.24) is 9.80 Å². The predicted molar refractivity (Wildman–Crippen MR) is 181 cm³/mol. The lowest BCUT2D eigenvalue weighted by Crippen LogP contribution is -2.49. The Morgan fingerprint density at radius 3 is 1.48 bits per heavy atom. The van der Waals surface area contributed by atoms with E-state index in [1.807, 2.05) is 0 Å². The van der Waals surface area contributed by atoms with Crippen LogP contribution < -0.4 is 0 Å². The monoisotopic (exact) mass is 595 g/mol. The van der Waals surface area contributed by atoms with Crippen LogP contribution in [-0.4, -0.2) is 70.3 Å². The lowest BCUT2D eigenvalue weighted by atomic mass is 9.89. The summed E-state index contributed by atoms with van der Waals surface area (Å²) in [4.78, 5) is 17.1. The largest absolute Gasteiger partial charge is 0.480 e. The van der Waals surface area contributed by atoms with Crippen LogP contribution in [0.25, 0.3) is 0 Å². The molecule has 1 rings (SSSR count). The lowest BCUT2D eigenvalue weighted by molar-refractivity contribution is -0.140. The molecule has 0 spiro atoms. The molecule has 1 aliphatic rings. The summed E-state index contributed by atoms with van der Waals surface area (Å²) in [7, 11) is 0. The van der Waals surface area contributed by atoms with E-state index >= 15 is 0 Å². The molecule has 0 aliphatic heterocycles. The van der Waals surface area contributed by atoms with Crippen molar-refractivity contribution in [3.8, 4) is 0 Å². The first-order valence-corrected chi connectivity index (χ1v) is 18.9. The number of hydrogen-bond acceptors (Lipinski definition) is 4. The Hall–Kier alpha value is -0.650. The number of unbranched alkanes of at least 4 members (excludes halogenated alkanes) is 17. The van der Waals surface area contributed by atoms with E-state index in [-0.39, 0.29) is 12.6 Å². The van der Waals surface area contributed by atoms with Crippen molar-refractivity contribution in [2.45, 2.75) is 206 Å². The van der Waals surface area contributed by atoms with Gasteiger partial charge in [-0.2, -0.15) is 0 Å². The molecule has 1 atom stereocenters. The highest BCUT2D eigenvalue weighted by Crippen LogP contribution is 2.28. The molecule has 0 amide bonds. The minimum atomic E-state index is -0.697. The molecule has 0 aromatic heterocycles. The lowest BCUT2D eigenvalue weighted by Gasteiger charge is -2.41. The van der Waals surface area contributed by atoms with Crippen LogP contribution >= 0.6 is 0 Å². The van der Waals surface area contributed by atoms with Crippen LogP contribution in [0.1, 0.15) is 188 Å². The van der Waals surface area contributed by atoms with Gasteiger partial charge in [0, 0.05) is 12.1 Å². The summed E-state index contributed by atoms with van der Waals surface area (Å²) in [6.07, 6.45) is 32.1. The van der Waals surface area contributed by atoms with Gasteiger partial charge in [0.2, 0.25) is 0 Å². The van der Waals surface area contributed by atoms with E-state index in [0.717, 1.165) is 45.1 Å². The van der Waals surface area contributed by atoms with E-state index in [9.17, 15) is 15.0 Å². The van der Waals surface area contributed by atoms with Crippen LogP contribution in [0, 0.1) is 0 Å². The summed E-state index contributed by atoms with van der Waals surface area (Å²) in [5, 5.41) is 20.0. The second-order valence-corrected chi connectivity index (χ2v) is 13.6. The summed E-state index contributed by atoms with van der Waals surface area (Å²) < 4.78 is 0. The number of carboxylic acids is 1. The Kier molecular flexibility index (Phi) is 26.1. The second-order valence-electron chi connectivity index (χ2n) is 13.6. The van der Waals surface area contributed by atoms with Crippen molar-refractivity contribution in [1.29, 1.82) is 0 Å². The van der Waals surface area contributed by atoms with Crippen LogP contribution in [0.5, 0.6) is 0 Å². The summed E-state index contributed by atoms with van der Waals surface area (Å²) in [5.41, 5.74) is 0. The number of nitrogens with zero attached hydrogens (tertiary/aromatic N) is 2. The average Bonchev–Trinajstić information content (AvgIpc) is 2.98. The van der Waals surface area contributed by atoms with Gasteiger partial charge in [-0.1, -0.05) is 136 Å². The first-order valence-electron chi connectivity index (χ1n) is 18.9. The van der Waals surface area contributed by atoms with E-state index in [1.165, 1.54) is 142 Å². The van der Waals surface area contributed by atoms with Crippen molar-refractivity contribution < 1.29 is 15.0 Å². The van der Waals surface area contributed by atoms with E-state index in [1.54, 1.807) is 0 Å². The molecule has 250 valence electrons. The van der Waals surface area contributed by atoms with E-state index < -0.39 is 5.97 Å². The Morgan fingerprint density at radius 2 is 1.02 bits per heavy atom. The molecule has 0 aromatic carbocycles. The van der Waals surface area contributed by atoms with Crippen LogP contribution in [0.2, 0.25) is 0 Å². The SMILES string of the molecule is CCCCCCCCCN(CCCCCCCCC)CCC(CCCCCCCC)N(CC(=O)O)C1CCC(O)CC1. The number of hydrogen-bond donors (Lipinski definition) is 2. The molecule has 1 aliphatic carbocycles. The van der Waals surface area contributed by atoms with Crippen LogP contribution in [0.15, 0.2) is 0 Å². The predicted octanol–water partition coefficient (Wildman–Crippen LogP) is 9.99. The fraction of sp³-hybridized carbons (Fsp3) is 0.973. The van der Waals surface area contributed by atoms with Crippen LogP contribution in [-0.2, 0) is 4.79 Å². The zero-order chi connectivity index (χ0) is 30.7. The first kappa shape index (κ1) is 39.4. The van der Waals surface area contributed by atoms with Gasteiger partial charge in [0.25, 0.3) is 0 Å². The summed E-state index contributed by atoms with van der Waals surface area (Å²) in [6, 6.07) is 0.632. The smallest absolute Gasteiger partial charge is 0.317 e. The molecule has 1 saturated carbocycles. The minimum absolute atomic E-state index is 0.150. The van der Waals surface area contributed by atoms with Gasteiger partial charge in [0.1, 0.15) is 0 Å². The standard InChI is InChI=1S/C37H74N2O3/c1-4-7-10-13-16-19-22-30-38(31-23-20-17-14-11-8-5-2)32-29-34(24-21-18-15-12-9-6-3)39(33-37(41)42)35-25-27-36(40)28-26-35/h34-36,40H,4-33H2,1-3H3,(H,41,42). The Bertz CT molecular complexity index is 576. The number of carboxylic acid groups (broad SMARTS) is 1. The van der Waals surface area contributed by atoms with Crippen molar-refractivity contribution in [3.63, 3.8) is 0 Å². The molecule has 0 bridgehead atoms. The molecule has 2 N–H and O–H groups in total. The molecular formula is C37H74N2O3. The normalized spacial score (nSPS) is 18.2. The van der Waals surface area contributed by atoms with Gasteiger partial charge >= 0.3 is 5.97 Å². The molecule has 0 radical (unpaired) electrons. The zero-order valence-corrected chi connectivity index (χ0v) is 28.6. The molecule has 0 heterocycles. The number of carbonyl (C=O) groups is 1. The van der Waals surface area contributed by atoms with Gasteiger partial charge in [-0.3, -0.25) is 9.69 Å². The average molecular weight is 595 g/mol. The van der Waals surface area contributed by atoms with Gasteiger partial charge < -0.3 is 15.1 Å². The number of aliphatic hydroxyl groups excluding tert-OH is 1. The number of rotatable bonds is 30. The Balaban J connectivity index is 2.78. The Morgan fingerprint density at radius 1 is 0.595 bits per heavy atom. The van der Waals surface area contributed by atoms with Crippen molar-refractivity contribution in [3.05, 3.63) is 0 Å². The molecule has 0 aromatic rings. The number of aliphatic hydroxyl groups is 1. The highest BCUT2D eigenvalue weighted by Gasteiger charge is 2.31. The molecule has 5 heteroatoms. The van der Waals surface area contributed by atoms with Gasteiger partial charge in [0.15, 0.2) is 0 Å².